The maximum absolute atomic E-state index is 13.2. The van der Waals surface area contributed by atoms with Crippen LogP contribution in [0.1, 0.15) is 61.6 Å². The highest BCUT2D eigenvalue weighted by atomic mass is 35.5. The van der Waals surface area contributed by atoms with Crippen LogP contribution >= 0.6 is 11.6 Å². The summed E-state index contributed by atoms with van der Waals surface area (Å²) in [5.74, 6) is -0.271. The average Bonchev–Trinajstić information content (AvgIpc) is 3.11. The summed E-state index contributed by atoms with van der Waals surface area (Å²) in [4.78, 5) is 29.8. The number of hydrogen-bond donors (Lipinski definition) is 3. The number of amides is 2. The van der Waals surface area contributed by atoms with Gasteiger partial charge in [0.1, 0.15) is 5.75 Å². The number of aliphatic hydroxyl groups excluding tert-OH is 1. The Morgan fingerprint density at radius 1 is 1.16 bits per heavy atom. The molecule has 2 heterocycles. The Balaban J connectivity index is 1.45. The van der Waals surface area contributed by atoms with Crippen molar-refractivity contribution in [3.8, 4) is 5.75 Å². The molecular weight excluding hydrogens is 566 g/mol. The van der Waals surface area contributed by atoms with Gasteiger partial charge in [0.25, 0.3) is 5.91 Å². The lowest BCUT2D eigenvalue weighted by molar-refractivity contribution is -0.147. The molecule has 2 amide bonds. The number of carbonyl (C=O) groups excluding carboxylic acids is 2. The van der Waals surface area contributed by atoms with Crippen molar-refractivity contribution < 1.29 is 24.5 Å². The summed E-state index contributed by atoms with van der Waals surface area (Å²) in [7, 11) is 1.66. The summed E-state index contributed by atoms with van der Waals surface area (Å²) in [5, 5.41) is 23.5. The molecule has 8 nitrogen and oxygen atoms in total. The van der Waals surface area contributed by atoms with Crippen LogP contribution in [0.3, 0.4) is 0 Å². The van der Waals surface area contributed by atoms with E-state index in [4.69, 9.17) is 22.1 Å². The number of nitrogens with two attached hydrogens (primary N) is 1. The molecule has 2 bridgehead atoms. The second kappa shape index (κ2) is 11.8. The molecule has 2 aromatic rings. The predicted octanol–water partition coefficient (Wildman–Crippen LogP) is 4.07. The molecule has 9 heteroatoms. The van der Waals surface area contributed by atoms with E-state index in [1.807, 2.05) is 18.2 Å². The Morgan fingerprint density at radius 3 is 2.77 bits per heavy atom. The van der Waals surface area contributed by atoms with Crippen molar-refractivity contribution in [1.82, 2.24) is 4.90 Å². The topological polar surface area (TPSA) is 116 Å². The highest BCUT2D eigenvalue weighted by Crippen LogP contribution is 2.47. The van der Waals surface area contributed by atoms with E-state index in [2.05, 4.69) is 17.0 Å². The fourth-order valence-corrected chi connectivity index (χ4v) is 7.75. The molecule has 1 fully saturated rings. The Bertz CT molecular complexity index is 1430. The van der Waals surface area contributed by atoms with Crippen molar-refractivity contribution in [2.24, 2.45) is 17.6 Å². The van der Waals surface area contributed by atoms with Gasteiger partial charge in [-0.1, -0.05) is 35.9 Å². The first-order valence-corrected chi connectivity index (χ1v) is 15.9. The minimum atomic E-state index is -2.17. The van der Waals surface area contributed by atoms with Gasteiger partial charge in [-0.2, -0.15) is 0 Å². The molecule has 2 aliphatic carbocycles. The number of primary amides is 1. The van der Waals surface area contributed by atoms with Crippen LogP contribution in [0.4, 0.5) is 5.69 Å². The van der Waals surface area contributed by atoms with Gasteiger partial charge in [0.05, 0.1) is 24.8 Å². The molecule has 1 saturated carbocycles. The number of aliphatic hydroxyl groups is 2. The number of allylic oxidation sites excluding steroid dienone is 1. The largest absolute Gasteiger partial charge is 0.490 e. The van der Waals surface area contributed by atoms with E-state index in [0.29, 0.717) is 44.8 Å². The second-order valence-electron chi connectivity index (χ2n) is 13.1. The Morgan fingerprint density at radius 2 is 2.00 bits per heavy atom. The second-order valence-corrected chi connectivity index (χ2v) is 13.5. The predicted molar refractivity (Wildman–Crippen MR) is 166 cm³/mol. The van der Waals surface area contributed by atoms with Gasteiger partial charge in [-0.05, 0) is 97.7 Å². The van der Waals surface area contributed by atoms with Crippen molar-refractivity contribution in [2.75, 3.05) is 38.2 Å². The molecule has 0 saturated heterocycles. The van der Waals surface area contributed by atoms with E-state index in [1.165, 1.54) is 16.0 Å². The number of aryl methyl sites for hydroxylation is 1. The number of carbonyl (C=O) groups is 2. The molecular formula is C34H42ClN3O5. The number of hydrogen-bond acceptors (Lipinski definition) is 6. The van der Waals surface area contributed by atoms with Crippen LogP contribution in [-0.4, -0.2) is 66.3 Å². The van der Waals surface area contributed by atoms with Gasteiger partial charge in [0.15, 0.2) is 5.60 Å². The zero-order chi connectivity index (χ0) is 30.4. The zero-order valence-corrected chi connectivity index (χ0v) is 25.6. The van der Waals surface area contributed by atoms with Crippen LogP contribution in [0.15, 0.2) is 48.6 Å². The molecule has 6 rings (SSSR count). The highest BCUT2D eigenvalue weighted by molar-refractivity contribution is 6.30. The summed E-state index contributed by atoms with van der Waals surface area (Å²) in [5.41, 5.74) is 6.86. The smallest absolute Gasteiger partial charge is 0.254 e. The Labute approximate surface area is 258 Å². The highest BCUT2D eigenvalue weighted by Gasteiger charge is 2.45. The number of halogens is 1. The van der Waals surface area contributed by atoms with Gasteiger partial charge in [-0.25, -0.2) is 0 Å². The van der Waals surface area contributed by atoms with Crippen molar-refractivity contribution in [3.63, 3.8) is 0 Å². The van der Waals surface area contributed by atoms with Crippen molar-refractivity contribution in [2.45, 2.75) is 68.5 Å². The first kappa shape index (κ1) is 30.0. The lowest BCUT2D eigenvalue weighted by Crippen LogP contribution is -2.49. The average molecular weight is 608 g/mol. The maximum atomic E-state index is 13.2. The normalized spacial score (nSPS) is 32.0. The van der Waals surface area contributed by atoms with Crippen molar-refractivity contribution >= 4 is 29.1 Å². The molecule has 230 valence electrons. The molecule has 1 spiro atoms. The number of rotatable bonds is 1. The van der Waals surface area contributed by atoms with E-state index in [-0.39, 0.29) is 28.7 Å². The van der Waals surface area contributed by atoms with Crippen LogP contribution in [0.25, 0.3) is 0 Å². The van der Waals surface area contributed by atoms with Crippen LogP contribution in [0.5, 0.6) is 5.75 Å². The summed E-state index contributed by atoms with van der Waals surface area (Å²) >= 11 is 6.40. The Hall–Kier alpha value is -3.07. The van der Waals surface area contributed by atoms with Crippen LogP contribution in [0, 0.1) is 11.8 Å². The van der Waals surface area contributed by atoms with E-state index in [0.717, 1.165) is 42.8 Å². The van der Waals surface area contributed by atoms with Crippen LogP contribution in [-0.2, 0) is 27.0 Å². The third-order valence-corrected chi connectivity index (χ3v) is 10.6. The quantitative estimate of drug-likeness (QED) is 0.421. The molecule has 4 N–H and O–H groups in total. The molecule has 0 aromatic heterocycles. The van der Waals surface area contributed by atoms with Gasteiger partial charge >= 0.3 is 0 Å². The minimum absolute atomic E-state index is 0.142. The third kappa shape index (κ3) is 5.65. The molecule has 2 aromatic carbocycles. The fourth-order valence-electron chi connectivity index (χ4n) is 7.56. The molecule has 2 aliphatic heterocycles. The van der Waals surface area contributed by atoms with Gasteiger partial charge in [0, 0.05) is 37.1 Å². The number of nitrogens with zero attached hydrogens (tertiary/aromatic N) is 2. The molecule has 0 radical (unpaired) electrons. The van der Waals surface area contributed by atoms with E-state index in [1.54, 1.807) is 25.2 Å². The molecule has 4 aliphatic rings. The Kier molecular flexibility index (Phi) is 8.22. The summed E-state index contributed by atoms with van der Waals surface area (Å²) in [6.45, 7) is 2.30. The first-order chi connectivity index (χ1) is 20.6. The van der Waals surface area contributed by atoms with E-state index >= 15 is 0 Å². The zero-order valence-electron chi connectivity index (χ0n) is 24.8. The minimum Gasteiger partial charge on any atom is -0.490 e. The summed E-state index contributed by atoms with van der Waals surface area (Å²) in [6.07, 6.45) is 9.22. The van der Waals surface area contributed by atoms with Crippen LogP contribution < -0.4 is 15.4 Å². The number of benzene rings is 2. The number of fused-ring (bicyclic) bond motifs is 4. The van der Waals surface area contributed by atoms with E-state index in [9.17, 15) is 19.8 Å². The van der Waals surface area contributed by atoms with Gasteiger partial charge < -0.3 is 30.5 Å². The monoisotopic (exact) mass is 607 g/mol. The van der Waals surface area contributed by atoms with Crippen LogP contribution in [0.2, 0.25) is 5.02 Å². The van der Waals surface area contributed by atoms with E-state index < -0.39 is 24.0 Å². The summed E-state index contributed by atoms with van der Waals surface area (Å²) in [6, 6.07) is 11.4. The standard InChI is InChI=1S/C34H42ClN3O5/c1-37-15-4-2-3-7-29(39)26-11-8-23(26)19-38-20-33(14-5-6-22-16-25(35)10-12-27(22)33)21-43-30-13-9-24(17-28(30)38)34(42,32(36)41)18-31(37)40/h3,7,9-10,12-13,16-17,23,26,29,39,42H,2,4-6,8,11,14-15,18-21H2,1H3,(H2,36,41)/b7-3+/t23-,26+,29-,33-,34+/m0/s1. The molecule has 0 unspecified atom stereocenters. The SMILES string of the molecule is CN1CCC/C=C/[C@H](O)[C@@H]2CC[C@H]2CN2C[C@@]3(CCCc4cc(Cl)ccc43)COc3ccc(cc32)[C@@](O)(C(N)=O)CC1=O. The summed E-state index contributed by atoms with van der Waals surface area (Å²) < 4.78 is 6.57. The number of ether oxygens (including phenoxy) is 1. The van der Waals surface area contributed by atoms with Crippen molar-refractivity contribution in [1.29, 1.82) is 0 Å². The molecule has 43 heavy (non-hydrogen) atoms. The van der Waals surface area contributed by atoms with Gasteiger partial charge in [-0.15, -0.1) is 0 Å². The number of anilines is 1. The fraction of sp³-hybridized carbons (Fsp3) is 0.529. The maximum Gasteiger partial charge on any atom is 0.254 e. The van der Waals surface area contributed by atoms with Gasteiger partial charge in [-0.3, -0.25) is 9.59 Å². The lowest BCUT2D eigenvalue weighted by atomic mass is 9.68. The molecule has 5 atom stereocenters. The third-order valence-electron chi connectivity index (χ3n) is 10.3. The first-order valence-electron chi connectivity index (χ1n) is 15.5. The van der Waals surface area contributed by atoms with Crippen molar-refractivity contribution in [3.05, 3.63) is 70.3 Å². The van der Waals surface area contributed by atoms with Gasteiger partial charge in [0.2, 0.25) is 5.91 Å². The lowest BCUT2D eigenvalue weighted by Gasteiger charge is -2.45.